The Morgan fingerprint density at radius 2 is 1.74 bits per heavy atom. The first-order valence-corrected chi connectivity index (χ1v) is 15.2. The Hall–Kier alpha value is -4.01. The van der Waals surface area contributed by atoms with Crippen LogP contribution in [0.5, 0.6) is 0 Å². The SMILES string of the molecule is CN(C1=NC(=O)C(=C(Cc2ccc(C(F)(F)F)cc2C(F)(F)F)c2ccc3[nH]ncc3c2)S1)C1CCN(C(=O)OC(C)(C)C)CC1. The zero-order valence-electron chi connectivity index (χ0n) is 25.3. The van der Waals surface area contributed by atoms with Gasteiger partial charge >= 0.3 is 18.4 Å². The third-order valence-electron chi connectivity index (χ3n) is 7.72. The Morgan fingerprint density at radius 1 is 1.04 bits per heavy atom. The second kappa shape index (κ2) is 12.3. The van der Waals surface area contributed by atoms with Gasteiger partial charge in [0.25, 0.3) is 5.91 Å². The molecule has 246 valence electrons. The van der Waals surface area contributed by atoms with Crippen molar-refractivity contribution in [2.24, 2.45) is 4.99 Å². The van der Waals surface area contributed by atoms with E-state index in [1.165, 1.54) is 6.20 Å². The first-order chi connectivity index (χ1) is 21.4. The minimum Gasteiger partial charge on any atom is -0.444 e. The molecule has 2 aliphatic heterocycles. The molecule has 15 heteroatoms. The molecular weight excluding hydrogens is 636 g/mol. The van der Waals surface area contributed by atoms with Crippen molar-refractivity contribution in [3.63, 3.8) is 0 Å². The highest BCUT2D eigenvalue weighted by Crippen LogP contribution is 2.42. The summed E-state index contributed by atoms with van der Waals surface area (Å²) in [7, 11) is 1.75. The number of allylic oxidation sites excluding steroid dienone is 1. The number of hydrogen-bond donors (Lipinski definition) is 1. The summed E-state index contributed by atoms with van der Waals surface area (Å²) in [6.07, 6.45) is -8.31. The molecule has 0 bridgehead atoms. The fourth-order valence-electron chi connectivity index (χ4n) is 5.36. The molecule has 2 aliphatic rings. The van der Waals surface area contributed by atoms with Crippen molar-refractivity contribution in [2.75, 3.05) is 20.1 Å². The van der Waals surface area contributed by atoms with Gasteiger partial charge in [0, 0.05) is 31.6 Å². The second-order valence-electron chi connectivity index (χ2n) is 12.1. The van der Waals surface area contributed by atoms with Crippen molar-refractivity contribution in [3.05, 3.63) is 69.8 Å². The molecule has 1 aromatic heterocycles. The number of ether oxygens (including phenoxy) is 1. The van der Waals surface area contributed by atoms with Gasteiger partial charge in [0.05, 0.1) is 27.7 Å². The third-order valence-corrected chi connectivity index (χ3v) is 8.91. The summed E-state index contributed by atoms with van der Waals surface area (Å²) in [6, 6.07) is 6.34. The van der Waals surface area contributed by atoms with Crippen LogP contribution >= 0.6 is 11.8 Å². The number of halogens is 6. The van der Waals surface area contributed by atoms with Crippen LogP contribution < -0.4 is 0 Å². The van der Waals surface area contributed by atoms with Crippen LogP contribution in [-0.2, 0) is 28.3 Å². The first kappa shape index (κ1) is 33.4. The van der Waals surface area contributed by atoms with E-state index >= 15 is 0 Å². The maximum absolute atomic E-state index is 14.1. The molecule has 46 heavy (non-hydrogen) atoms. The standard InChI is InChI=1S/C31H31F6N5O3S/c1-29(2,3)45-28(44)42-11-9-21(10-12-42)41(4)27-39-26(43)25(46-27)22(17-6-8-24-19(13-17)16-38-40-24)14-18-5-7-20(30(32,33)34)15-23(18)31(35,36)37/h5-8,13,15-16,21H,9-12,14H2,1-4H3,(H,38,40). The van der Waals surface area contributed by atoms with Crippen molar-refractivity contribution in [1.29, 1.82) is 0 Å². The van der Waals surface area contributed by atoms with Crippen molar-refractivity contribution in [2.45, 2.75) is 64.0 Å². The number of aromatic nitrogens is 2. The minimum atomic E-state index is -5.08. The molecule has 1 fully saturated rings. The zero-order valence-corrected chi connectivity index (χ0v) is 26.2. The Morgan fingerprint density at radius 3 is 2.37 bits per heavy atom. The molecule has 0 saturated carbocycles. The summed E-state index contributed by atoms with van der Waals surface area (Å²) < 4.78 is 87.8. The van der Waals surface area contributed by atoms with Gasteiger partial charge in [0.2, 0.25) is 0 Å². The van der Waals surface area contributed by atoms with Gasteiger partial charge in [-0.1, -0.05) is 12.1 Å². The van der Waals surface area contributed by atoms with Crippen molar-refractivity contribution < 1.29 is 40.7 Å². The summed E-state index contributed by atoms with van der Waals surface area (Å²) in [5.41, 5.74) is -2.66. The number of piperidine rings is 1. The van der Waals surface area contributed by atoms with Crippen LogP contribution in [0, 0.1) is 0 Å². The average molecular weight is 668 g/mol. The highest BCUT2D eigenvalue weighted by atomic mass is 32.2. The van der Waals surface area contributed by atoms with E-state index in [-0.39, 0.29) is 22.6 Å². The lowest BCUT2D eigenvalue weighted by molar-refractivity contribution is -0.143. The lowest BCUT2D eigenvalue weighted by Gasteiger charge is -2.37. The molecule has 0 aliphatic carbocycles. The highest BCUT2D eigenvalue weighted by molar-refractivity contribution is 8.18. The van der Waals surface area contributed by atoms with Gasteiger partial charge in [-0.3, -0.25) is 9.89 Å². The number of hydrogen-bond acceptors (Lipinski definition) is 6. The Kier molecular flexibility index (Phi) is 8.92. The van der Waals surface area contributed by atoms with Crippen LogP contribution in [0.2, 0.25) is 0 Å². The fraction of sp³-hybridized carbons (Fsp3) is 0.419. The van der Waals surface area contributed by atoms with Gasteiger partial charge in [-0.05, 0) is 92.8 Å². The lowest BCUT2D eigenvalue weighted by Crippen LogP contribution is -2.47. The summed E-state index contributed by atoms with van der Waals surface area (Å²) in [5.74, 6) is -0.666. The Bertz CT molecular complexity index is 1720. The topological polar surface area (TPSA) is 90.9 Å². The molecule has 8 nitrogen and oxygen atoms in total. The number of nitrogens with zero attached hydrogens (tertiary/aromatic N) is 4. The molecule has 3 heterocycles. The summed E-state index contributed by atoms with van der Waals surface area (Å²) in [5, 5.41) is 7.72. The van der Waals surface area contributed by atoms with Crippen LogP contribution in [0.3, 0.4) is 0 Å². The molecule has 0 spiro atoms. The average Bonchev–Trinajstić information content (AvgIpc) is 3.59. The molecule has 0 atom stereocenters. The number of carbonyl (C=O) groups excluding carboxylic acids is 2. The van der Waals surface area contributed by atoms with Crippen molar-refractivity contribution >= 4 is 45.4 Å². The number of alkyl halides is 6. The van der Waals surface area contributed by atoms with Crippen molar-refractivity contribution in [3.8, 4) is 0 Å². The van der Waals surface area contributed by atoms with E-state index in [4.69, 9.17) is 4.74 Å². The van der Waals surface area contributed by atoms with Crippen LogP contribution in [0.4, 0.5) is 31.1 Å². The molecule has 0 radical (unpaired) electrons. The van der Waals surface area contributed by atoms with Gasteiger partial charge < -0.3 is 14.5 Å². The normalized spacial score (nSPS) is 17.8. The van der Waals surface area contributed by atoms with E-state index in [2.05, 4.69) is 15.2 Å². The van der Waals surface area contributed by atoms with E-state index in [9.17, 15) is 35.9 Å². The van der Waals surface area contributed by atoms with Crippen LogP contribution in [0.1, 0.15) is 55.9 Å². The number of rotatable bonds is 4. The number of carbonyl (C=O) groups is 2. The Labute approximate surface area is 264 Å². The molecule has 1 saturated heterocycles. The zero-order chi connectivity index (χ0) is 33.6. The number of aliphatic imine (C=N–C) groups is 1. The quantitative estimate of drug-likeness (QED) is 0.229. The van der Waals surface area contributed by atoms with Crippen molar-refractivity contribution in [1.82, 2.24) is 20.0 Å². The molecule has 3 aromatic rings. The third kappa shape index (κ3) is 7.34. The summed E-state index contributed by atoms with van der Waals surface area (Å²) in [6.45, 7) is 6.19. The maximum Gasteiger partial charge on any atom is 0.416 e. The van der Waals surface area contributed by atoms with E-state index in [0.29, 0.717) is 53.6 Å². The van der Waals surface area contributed by atoms with Crippen LogP contribution in [-0.4, -0.2) is 68.9 Å². The van der Waals surface area contributed by atoms with Gasteiger partial charge in [-0.15, -0.1) is 0 Å². The minimum absolute atomic E-state index is 0.0731. The molecular formula is C31H31F6N5O3S. The van der Waals surface area contributed by atoms with Crippen LogP contribution in [0.25, 0.3) is 16.5 Å². The first-order valence-electron chi connectivity index (χ1n) is 14.4. The predicted octanol–water partition coefficient (Wildman–Crippen LogP) is 7.52. The summed E-state index contributed by atoms with van der Waals surface area (Å²) in [4.78, 5) is 33.6. The Balaban J connectivity index is 1.45. The van der Waals surface area contributed by atoms with Gasteiger partial charge in [-0.2, -0.15) is 36.4 Å². The largest absolute Gasteiger partial charge is 0.444 e. The number of aromatic amines is 1. The molecule has 2 amide bonds. The molecule has 5 rings (SSSR count). The fourth-order valence-corrected chi connectivity index (χ4v) is 6.41. The highest BCUT2D eigenvalue weighted by Gasteiger charge is 2.39. The number of thioether (sulfide) groups is 1. The molecule has 0 unspecified atom stereocenters. The smallest absolute Gasteiger partial charge is 0.416 e. The number of likely N-dealkylation sites (tertiary alicyclic amines) is 1. The summed E-state index contributed by atoms with van der Waals surface area (Å²) >= 11 is 1.00. The number of amides is 2. The van der Waals surface area contributed by atoms with Crippen LogP contribution in [0.15, 0.2) is 52.5 Å². The number of amidine groups is 1. The van der Waals surface area contributed by atoms with E-state index in [1.54, 1.807) is 50.9 Å². The monoisotopic (exact) mass is 667 g/mol. The van der Waals surface area contributed by atoms with E-state index in [0.717, 1.165) is 17.8 Å². The maximum atomic E-state index is 14.1. The van der Waals surface area contributed by atoms with E-state index in [1.807, 2.05) is 4.90 Å². The molecule has 2 aromatic carbocycles. The number of fused-ring (bicyclic) bond motifs is 1. The van der Waals surface area contributed by atoms with Gasteiger partial charge in [0.1, 0.15) is 5.60 Å². The van der Waals surface area contributed by atoms with E-state index < -0.39 is 53.1 Å². The lowest BCUT2D eigenvalue weighted by atomic mass is 9.92. The van der Waals surface area contributed by atoms with Gasteiger partial charge in [0.15, 0.2) is 5.17 Å². The van der Waals surface area contributed by atoms with Gasteiger partial charge in [-0.25, -0.2) is 4.79 Å². The number of H-pyrrole nitrogens is 1. The molecule has 1 N–H and O–H groups in total. The second-order valence-corrected chi connectivity index (χ2v) is 13.1. The number of nitrogens with one attached hydrogen (secondary N) is 1. The number of benzene rings is 2. The predicted molar refractivity (Wildman–Crippen MR) is 162 cm³/mol.